The van der Waals surface area contributed by atoms with Gasteiger partial charge in [-0.1, -0.05) is 18.2 Å². The van der Waals surface area contributed by atoms with Crippen LogP contribution in [0, 0.1) is 10.1 Å². The average Bonchev–Trinajstić information content (AvgIpc) is 3.16. The number of anilines is 1. The van der Waals surface area contributed by atoms with Crippen LogP contribution in [0.15, 0.2) is 60.0 Å². The zero-order valence-electron chi connectivity index (χ0n) is 14.3. The van der Waals surface area contributed by atoms with Crippen LogP contribution in [0.5, 0.6) is 5.75 Å². The van der Waals surface area contributed by atoms with Crippen molar-refractivity contribution in [2.75, 3.05) is 18.2 Å². The number of non-ortho nitro benzene ring substituents is 1. The number of thioether (sulfide) groups is 1. The van der Waals surface area contributed by atoms with Gasteiger partial charge in [-0.15, -0.1) is 4.68 Å². The summed E-state index contributed by atoms with van der Waals surface area (Å²) >= 11 is 1.26. The molecule has 3 aromatic rings. The molecule has 10 heteroatoms. The molecule has 0 radical (unpaired) electrons. The number of nitro groups is 1. The first kappa shape index (κ1) is 18.4. The lowest BCUT2D eigenvalue weighted by molar-refractivity contribution is -0.694. The zero-order chi connectivity index (χ0) is 19.2. The minimum absolute atomic E-state index is 0.109. The summed E-state index contributed by atoms with van der Waals surface area (Å²) in [4.78, 5) is 26.8. The molecule has 0 saturated carbocycles. The Labute approximate surface area is 158 Å². The smallest absolute Gasteiger partial charge is 0.385 e. The van der Waals surface area contributed by atoms with Crippen molar-refractivity contribution in [1.29, 1.82) is 0 Å². The Morgan fingerprint density at radius 1 is 1.33 bits per heavy atom. The lowest BCUT2D eigenvalue weighted by atomic mass is 10.2. The lowest BCUT2D eigenvalue weighted by Crippen LogP contribution is -2.35. The summed E-state index contributed by atoms with van der Waals surface area (Å²) in [6.07, 6.45) is 1.55. The summed E-state index contributed by atoms with van der Waals surface area (Å²) in [5.41, 5.74) is 1.15. The van der Waals surface area contributed by atoms with Crippen LogP contribution >= 0.6 is 11.8 Å². The van der Waals surface area contributed by atoms with Gasteiger partial charge in [-0.25, -0.2) is 0 Å². The van der Waals surface area contributed by atoms with Gasteiger partial charge >= 0.3 is 5.16 Å². The highest BCUT2D eigenvalue weighted by Crippen LogP contribution is 2.29. The van der Waals surface area contributed by atoms with Crippen LogP contribution in [0.1, 0.15) is 0 Å². The molecule has 0 aliphatic rings. The minimum Gasteiger partial charge on any atom is -0.494 e. The first-order chi connectivity index (χ1) is 13.1. The molecule has 1 heterocycles. The second-order valence-electron chi connectivity index (χ2n) is 5.32. The molecule has 9 nitrogen and oxygen atoms in total. The van der Waals surface area contributed by atoms with E-state index in [1.807, 2.05) is 30.3 Å². The van der Waals surface area contributed by atoms with E-state index < -0.39 is 4.92 Å². The van der Waals surface area contributed by atoms with E-state index in [0.717, 1.165) is 5.69 Å². The highest BCUT2D eigenvalue weighted by molar-refractivity contribution is 7.99. The highest BCUT2D eigenvalue weighted by atomic mass is 32.2. The molecule has 0 spiro atoms. The van der Waals surface area contributed by atoms with Crippen LogP contribution < -0.4 is 14.7 Å². The van der Waals surface area contributed by atoms with E-state index in [9.17, 15) is 14.9 Å². The predicted octanol–water partition coefficient (Wildman–Crippen LogP) is 2.33. The summed E-state index contributed by atoms with van der Waals surface area (Å²) < 4.78 is 6.89. The molecule has 0 bridgehead atoms. The molecule has 0 aliphatic heterocycles. The Morgan fingerprint density at radius 3 is 2.81 bits per heavy atom. The third-order valence-electron chi connectivity index (χ3n) is 3.57. The molecule has 2 aromatic carbocycles. The molecule has 138 valence electrons. The van der Waals surface area contributed by atoms with E-state index in [4.69, 9.17) is 4.74 Å². The van der Waals surface area contributed by atoms with Gasteiger partial charge in [0.25, 0.3) is 5.69 Å². The normalized spacial score (nSPS) is 10.4. The van der Waals surface area contributed by atoms with Crippen molar-refractivity contribution in [3.8, 4) is 11.4 Å². The number of carbonyl (C=O) groups is 1. The molecular weight excluding hydrogens is 370 g/mol. The molecule has 2 N–H and O–H groups in total. The number of nitrogens with zero attached hydrogens (tertiary/aromatic N) is 3. The van der Waals surface area contributed by atoms with Crippen molar-refractivity contribution in [3.63, 3.8) is 0 Å². The van der Waals surface area contributed by atoms with Crippen LogP contribution in [-0.4, -0.2) is 33.8 Å². The summed E-state index contributed by atoms with van der Waals surface area (Å²) in [5.74, 6) is 0.0501. The van der Waals surface area contributed by atoms with Crippen LogP contribution in [0.4, 0.5) is 11.4 Å². The molecule has 27 heavy (non-hydrogen) atoms. The third kappa shape index (κ3) is 4.42. The fourth-order valence-corrected chi connectivity index (χ4v) is 3.08. The van der Waals surface area contributed by atoms with E-state index in [1.54, 1.807) is 11.0 Å². The molecule has 1 amide bonds. The van der Waals surface area contributed by atoms with Crippen molar-refractivity contribution >= 4 is 29.0 Å². The maximum atomic E-state index is 12.3. The molecule has 3 rings (SSSR count). The SMILES string of the molecule is COc1cc([N+](=O)[O-])ccc1NC(=O)CSc1nc[nH][n+]1-c1ccccc1. The lowest BCUT2D eigenvalue weighted by Gasteiger charge is -2.09. The van der Waals surface area contributed by atoms with Crippen LogP contribution in [-0.2, 0) is 4.79 Å². The fraction of sp³-hybridized carbons (Fsp3) is 0.118. The largest absolute Gasteiger partial charge is 0.494 e. The summed E-state index contributed by atoms with van der Waals surface area (Å²) in [6.45, 7) is 0. The van der Waals surface area contributed by atoms with Gasteiger partial charge in [0.05, 0.1) is 29.5 Å². The van der Waals surface area contributed by atoms with Crippen molar-refractivity contribution in [2.24, 2.45) is 0 Å². The second-order valence-corrected chi connectivity index (χ2v) is 6.26. The number of methoxy groups -OCH3 is 1. The number of ether oxygens (including phenoxy) is 1. The summed E-state index contributed by atoms with van der Waals surface area (Å²) in [5, 5.41) is 17.2. The van der Waals surface area contributed by atoms with Crippen molar-refractivity contribution in [1.82, 2.24) is 10.1 Å². The van der Waals surface area contributed by atoms with Gasteiger partial charge in [0, 0.05) is 6.07 Å². The minimum atomic E-state index is -0.524. The number of H-pyrrole nitrogens is 1. The Hall–Kier alpha value is -3.40. The molecule has 1 aromatic heterocycles. The molecule has 0 saturated heterocycles. The fourth-order valence-electron chi connectivity index (χ4n) is 2.33. The summed E-state index contributed by atoms with van der Waals surface area (Å²) in [7, 11) is 1.38. The number of amides is 1. The van der Waals surface area contributed by atoms with Gasteiger partial charge in [-0.3, -0.25) is 14.9 Å². The van der Waals surface area contributed by atoms with E-state index in [0.29, 0.717) is 10.8 Å². The molecule has 0 aliphatic carbocycles. The number of rotatable bonds is 7. The molecule has 0 unspecified atom stereocenters. The zero-order valence-corrected chi connectivity index (χ0v) is 15.1. The van der Waals surface area contributed by atoms with E-state index in [1.165, 1.54) is 37.1 Å². The topological polar surface area (TPSA) is 114 Å². The van der Waals surface area contributed by atoms with E-state index in [-0.39, 0.29) is 23.1 Å². The Morgan fingerprint density at radius 2 is 2.11 bits per heavy atom. The van der Waals surface area contributed by atoms with Crippen molar-refractivity contribution in [2.45, 2.75) is 5.16 Å². The predicted molar refractivity (Wildman–Crippen MR) is 99.1 cm³/mol. The van der Waals surface area contributed by atoms with Crippen molar-refractivity contribution in [3.05, 3.63) is 65.0 Å². The van der Waals surface area contributed by atoms with Gasteiger partial charge in [-0.05, 0) is 34.9 Å². The number of hydrogen-bond donors (Lipinski definition) is 2. The number of hydrogen-bond acceptors (Lipinski definition) is 6. The monoisotopic (exact) mass is 386 g/mol. The number of aromatic amines is 1. The number of para-hydroxylation sites is 1. The number of nitro benzene ring substituents is 1. The van der Waals surface area contributed by atoms with E-state index >= 15 is 0 Å². The van der Waals surface area contributed by atoms with Gasteiger partial charge in [0.2, 0.25) is 12.2 Å². The number of benzene rings is 2. The van der Waals surface area contributed by atoms with Gasteiger partial charge in [-0.2, -0.15) is 5.10 Å². The van der Waals surface area contributed by atoms with Gasteiger partial charge < -0.3 is 10.1 Å². The quantitative estimate of drug-likeness (QED) is 0.279. The van der Waals surface area contributed by atoms with Crippen molar-refractivity contribution < 1.29 is 19.1 Å². The highest BCUT2D eigenvalue weighted by Gasteiger charge is 2.19. The van der Waals surface area contributed by atoms with Gasteiger partial charge in [0.1, 0.15) is 5.75 Å². The average molecular weight is 386 g/mol. The number of aromatic nitrogens is 3. The molecule has 0 fully saturated rings. The second kappa shape index (κ2) is 8.32. The molecular formula is C17H16N5O4S+. The Kier molecular flexibility index (Phi) is 5.67. The first-order valence-electron chi connectivity index (χ1n) is 7.84. The summed E-state index contributed by atoms with van der Waals surface area (Å²) in [6, 6.07) is 13.6. The number of nitrogens with one attached hydrogen (secondary N) is 2. The maximum absolute atomic E-state index is 12.3. The van der Waals surface area contributed by atoms with Crippen LogP contribution in [0.3, 0.4) is 0 Å². The molecule has 0 atom stereocenters. The maximum Gasteiger partial charge on any atom is 0.385 e. The van der Waals surface area contributed by atoms with E-state index in [2.05, 4.69) is 15.4 Å². The number of carbonyl (C=O) groups excluding carboxylic acids is 1. The third-order valence-corrected chi connectivity index (χ3v) is 4.52. The van der Waals surface area contributed by atoms with Crippen LogP contribution in [0.2, 0.25) is 0 Å². The van der Waals surface area contributed by atoms with Crippen LogP contribution in [0.25, 0.3) is 5.69 Å². The Bertz CT molecular complexity index is 961. The standard InChI is InChI=1S/C17H15N5O4S/c1-26-15-9-13(22(24)25)7-8-14(15)20-16(23)10-27-17-18-11-19-21(17)12-5-3-2-4-6-12/h2-9,11H,10H2,1H3,(H,20,23)/p+1. The van der Waals surface area contributed by atoms with Gasteiger partial charge in [0.15, 0.2) is 5.69 Å². The first-order valence-corrected chi connectivity index (χ1v) is 8.83. The Balaban J connectivity index is 1.66.